The molecule has 0 aromatic rings. The number of phosphoric acid groups is 1. The maximum absolute atomic E-state index is 10.3. The molecule has 0 aliphatic rings. The van der Waals surface area contributed by atoms with Crippen molar-refractivity contribution in [1.29, 1.82) is 0 Å². The third-order valence-electron chi connectivity index (χ3n) is 0.377. The van der Waals surface area contributed by atoms with Crippen molar-refractivity contribution in [3.8, 4) is 0 Å². The van der Waals surface area contributed by atoms with Gasteiger partial charge in [-0.15, -0.1) is 7.94 Å². The molecule has 0 heterocycles. The fraction of sp³-hybridized carbons (Fsp3) is 0. The van der Waals surface area contributed by atoms with E-state index in [-0.39, 0.29) is 103 Å². The summed E-state index contributed by atoms with van der Waals surface area (Å²) in [6, 6.07) is 0. The normalized spacial score (nSPS) is 12.5. The van der Waals surface area contributed by atoms with Crippen LogP contribution in [0, 0.1) is 0 Å². The van der Waals surface area contributed by atoms with Gasteiger partial charge in [-0.1, -0.05) is 0 Å². The molecule has 0 atom stereocenters. The zero-order valence-corrected chi connectivity index (χ0v) is 7.99. The van der Waals surface area contributed by atoms with Crippen LogP contribution < -0.4 is 0 Å². The van der Waals surface area contributed by atoms with Gasteiger partial charge in [0, 0.05) is 0 Å². The average molecular weight is 338 g/mol. The predicted molar refractivity (Wildman–Crippen MR) is 49.4 cm³/mol. The first-order valence-corrected chi connectivity index (χ1v) is 6.34. The molecule has 0 bridgehead atoms. The Labute approximate surface area is 170 Å². The van der Waals surface area contributed by atoms with E-state index in [0.29, 0.717) is 0 Å². The molecule has 3 N–H and O–H groups in total. The van der Waals surface area contributed by atoms with Gasteiger partial charge in [0.15, 0.2) is 0 Å². The standard InChI is InChI=1S/2K.H3O10PS2.2H/c;;1-11(2,9-12(3,4)5)10-13(6,7)8;;/h;;(H,1,2)(H,3,4,5)(H,6,7,8);;. The first-order chi connectivity index (χ1) is 5.41. The molecule has 15 heteroatoms. The van der Waals surface area contributed by atoms with Crippen LogP contribution in [0.4, 0.5) is 0 Å². The van der Waals surface area contributed by atoms with Crippen molar-refractivity contribution in [2.45, 2.75) is 0 Å². The molecule has 0 radical (unpaired) electrons. The van der Waals surface area contributed by atoms with Crippen molar-refractivity contribution in [2.24, 2.45) is 0 Å². The van der Waals surface area contributed by atoms with Crippen molar-refractivity contribution >= 4 is 131 Å². The molecule has 0 amide bonds. The Bertz CT molecular complexity index is 378. The summed E-state index contributed by atoms with van der Waals surface area (Å²) in [4.78, 5) is 8.22. The molecule has 0 rings (SSSR count). The predicted octanol–water partition coefficient (Wildman–Crippen LogP) is -2.57. The molecule has 0 fully saturated rings. The Kier molecular flexibility index (Phi) is 13.0. The van der Waals surface area contributed by atoms with Crippen molar-refractivity contribution in [3.63, 3.8) is 0 Å². The first kappa shape index (κ1) is 23.3. The molecule has 0 aromatic carbocycles. The molecule has 0 aliphatic carbocycles. The number of hydrogen-bond donors (Lipinski definition) is 3. The monoisotopic (exact) mass is 338 g/mol. The van der Waals surface area contributed by atoms with Crippen molar-refractivity contribution < 1.29 is 43.3 Å². The summed E-state index contributed by atoms with van der Waals surface area (Å²) in [5, 5.41) is 0. The zero-order valence-electron chi connectivity index (χ0n) is 5.46. The SMILES string of the molecule is O=P(O)(OS(=O)(=O)O)OS(=O)(=O)O.[KH].[KH]. The van der Waals surface area contributed by atoms with Crippen LogP contribution in [0.1, 0.15) is 0 Å². The van der Waals surface area contributed by atoms with Gasteiger partial charge in [-0.05, 0) is 0 Å². The number of rotatable bonds is 4. The minimum absolute atomic E-state index is 0. The van der Waals surface area contributed by atoms with Crippen LogP contribution in [0.3, 0.4) is 0 Å². The minimum atomic E-state index is -5.61. The van der Waals surface area contributed by atoms with E-state index in [1.165, 1.54) is 0 Å². The second-order valence-electron chi connectivity index (χ2n) is 1.47. The Morgan fingerprint density at radius 1 is 0.867 bits per heavy atom. The van der Waals surface area contributed by atoms with Gasteiger partial charge in [-0.3, -0.25) is 9.11 Å². The van der Waals surface area contributed by atoms with Crippen LogP contribution in [0.5, 0.6) is 0 Å². The summed E-state index contributed by atoms with van der Waals surface area (Å²) in [7, 11) is -16.3. The Balaban J connectivity index is -0.000000720. The van der Waals surface area contributed by atoms with Gasteiger partial charge < -0.3 is 4.89 Å². The molecular weight excluding hydrogens is 333 g/mol. The molecule has 0 aromatic heterocycles. The third-order valence-corrected chi connectivity index (χ3v) is 3.39. The van der Waals surface area contributed by atoms with E-state index in [0.717, 1.165) is 0 Å². The van der Waals surface area contributed by atoms with E-state index in [2.05, 4.69) is 7.94 Å². The van der Waals surface area contributed by atoms with Crippen LogP contribution in [-0.2, 0) is 33.3 Å². The zero-order chi connectivity index (χ0) is 10.9. The van der Waals surface area contributed by atoms with Crippen LogP contribution in [0.2, 0.25) is 0 Å². The molecular formula is H5K2O10PS2. The van der Waals surface area contributed by atoms with Crippen molar-refractivity contribution in [1.82, 2.24) is 0 Å². The number of hydrogen-bond acceptors (Lipinski definition) is 7. The van der Waals surface area contributed by atoms with Gasteiger partial charge in [-0.25, -0.2) is 4.57 Å². The summed E-state index contributed by atoms with van der Waals surface area (Å²) >= 11 is 0. The third kappa shape index (κ3) is 17.2. The second kappa shape index (κ2) is 8.39. The Morgan fingerprint density at radius 3 is 1.20 bits per heavy atom. The van der Waals surface area contributed by atoms with Gasteiger partial charge >= 0.3 is 131 Å². The van der Waals surface area contributed by atoms with E-state index in [1.54, 1.807) is 0 Å². The fourth-order valence-corrected chi connectivity index (χ4v) is 2.48. The van der Waals surface area contributed by atoms with Gasteiger partial charge in [0.1, 0.15) is 0 Å². The molecule has 15 heavy (non-hydrogen) atoms. The van der Waals surface area contributed by atoms with Gasteiger partial charge in [0.25, 0.3) is 0 Å². The van der Waals surface area contributed by atoms with Gasteiger partial charge in [0.2, 0.25) is 0 Å². The molecule has 10 nitrogen and oxygen atoms in total. The van der Waals surface area contributed by atoms with E-state index in [9.17, 15) is 21.4 Å². The molecule has 0 spiro atoms. The van der Waals surface area contributed by atoms with Crippen LogP contribution in [-0.4, -0.2) is 134 Å². The van der Waals surface area contributed by atoms with Crippen LogP contribution in [0.25, 0.3) is 0 Å². The van der Waals surface area contributed by atoms with E-state index >= 15 is 0 Å². The van der Waals surface area contributed by atoms with Gasteiger partial charge in [0.05, 0.1) is 0 Å². The first-order valence-electron chi connectivity index (χ1n) is 2.11. The molecule has 84 valence electrons. The van der Waals surface area contributed by atoms with E-state index in [1.807, 2.05) is 0 Å². The van der Waals surface area contributed by atoms with Crippen LogP contribution in [0.15, 0.2) is 0 Å². The summed E-state index contributed by atoms with van der Waals surface area (Å²) in [6.45, 7) is 0. The Morgan fingerprint density at radius 2 is 1.07 bits per heavy atom. The van der Waals surface area contributed by atoms with E-state index < -0.39 is 28.6 Å². The van der Waals surface area contributed by atoms with Gasteiger partial charge in [-0.2, -0.15) is 16.8 Å². The average Bonchev–Trinajstić information content (AvgIpc) is 1.43. The quantitative estimate of drug-likeness (QED) is 0.282. The summed E-state index contributed by atoms with van der Waals surface area (Å²) in [5.41, 5.74) is 0. The van der Waals surface area contributed by atoms with Crippen LogP contribution >= 0.6 is 7.82 Å². The molecule has 0 aliphatic heterocycles. The van der Waals surface area contributed by atoms with Crippen molar-refractivity contribution in [2.75, 3.05) is 0 Å². The Hall–Kier alpha value is 3.20. The molecule has 0 unspecified atom stereocenters. The summed E-state index contributed by atoms with van der Waals surface area (Å²) in [5.74, 6) is 0. The van der Waals surface area contributed by atoms with Crippen molar-refractivity contribution in [3.05, 3.63) is 0 Å². The second-order valence-corrected chi connectivity index (χ2v) is 5.31. The molecule has 0 saturated carbocycles. The fourth-order valence-electron chi connectivity index (χ4n) is 0.250. The summed E-state index contributed by atoms with van der Waals surface area (Å²) < 4.78 is 70.8. The maximum atomic E-state index is 10.3. The van der Waals surface area contributed by atoms with E-state index in [4.69, 9.17) is 14.0 Å². The summed E-state index contributed by atoms with van der Waals surface area (Å²) in [6.07, 6.45) is 0. The molecule has 0 saturated heterocycles. The topological polar surface area (TPSA) is 164 Å².